The minimum atomic E-state index is 0.125. The molecule has 0 radical (unpaired) electrons. The number of nitriles is 1. The second-order valence-electron chi connectivity index (χ2n) is 3.28. The summed E-state index contributed by atoms with van der Waals surface area (Å²) in [5, 5.41) is 12.5. The van der Waals surface area contributed by atoms with Crippen LogP contribution >= 0.6 is 34.8 Å². The van der Waals surface area contributed by atoms with E-state index < -0.39 is 0 Å². The molecule has 0 spiro atoms. The van der Waals surface area contributed by atoms with Gasteiger partial charge in [0.05, 0.1) is 20.6 Å². The first-order valence-electron chi connectivity index (χ1n) is 4.81. The fourth-order valence-corrected chi connectivity index (χ4v) is 2.09. The summed E-state index contributed by atoms with van der Waals surface area (Å²) < 4.78 is 5.39. The van der Waals surface area contributed by atoms with E-state index in [9.17, 15) is 0 Å². The highest BCUT2D eigenvalue weighted by molar-refractivity contribution is 6.45. The molecule has 0 saturated heterocycles. The highest BCUT2D eigenvalue weighted by Gasteiger charge is 2.19. The van der Waals surface area contributed by atoms with Gasteiger partial charge >= 0.3 is 0 Å². The molecule has 0 unspecified atom stereocenters. The monoisotopic (exact) mass is 301 g/mol. The van der Waals surface area contributed by atoms with Gasteiger partial charge in [0, 0.05) is 7.05 Å². The van der Waals surface area contributed by atoms with Crippen molar-refractivity contribution in [1.82, 2.24) is 4.98 Å². The third-order valence-electron chi connectivity index (χ3n) is 2.22. The molecule has 92 valence electrons. The third kappa shape index (κ3) is 2.13. The molecule has 0 amide bonds. The van der Waals surface area contributed by atoms with Gasteiger partial charge < -0.3 is 9.73 Å². The van der Waals surface area contributed by atoms with Gasteiger partial charge in [-0.2, -0.15) is 10.2 Å². The molecule has 1 aromatic heterocycles. The van der Waals surface area contributed by atoms with Crippen LogP contribution in [0.25, 0.3) is 11.5 Å². The zero-order chi connectivity index (χ0) is 13.3. The van der Waals surface area contributed by atoms with Gasteiger partial charge in [-0.3, -0.25) is 0 Å². The summed E-state index contributed by atoms with van der Waals surface area (Å²) in [6, 6.07) is 5.06. The Labute approximate surface area is 118 Å². The van der Waals surface area contributed by atoms with Crippen molar-refractivity contribution in [3.63, 3.8) is 0 Å². The highest BCUT2D eigenvalue weighted by Crippen LogP contribution is 2.39. The molecule has 18 heavy (non-hydrogen) atoms. The quantitative estimate of drug-likeness (QED) is 0.844. The number of rotatable bonds is 2. The molecule has 2 rings (SSSR count). The normalized spacial score (nSPS) is 10.2. The van der Waals surface area contributed by atoms with Crippen LogP contribution in [0.3, 0.4) is 0 Å². The Balaban J connectivity index is 2.66. The van der Waals surface area contributed by atoms with Crippen LogP contribution in [0.15, 0.2) is 16.5 Å². The minimum Gasteiger partial charge on any atom is -0.419 e. The van der Waals surface area contributed by atoms with Crippen molar-refractivity contribution in [3.8, 4) is 17.5 Å². The lowest BCUT2D eigenvalue weighted by Crippen LogP contribution is -1.87. The zero-order valence-electron chi connectivity index (χ0n) is 9.09. The molecule has 0 aliphatic rings. The molecular formula is C11H6Cl3N3O. The second-order valence-corrected chi connectivity index (χ2v) is 4.47. The fraction of sp³-hybridized carbons (Fsp3) is 0.0909. The zero-order valence-corrected chi connectivity index (χ0v) is 11.4. The van der Waals surface area contributed by atoms with E-state index in [0.717, 1.165) is 0 Å². The van der Waals surface area contributed by atoms with Crippen LogP contribution in [-0.2, 0) is 0 Å². The number of nitrogens with one attached hydrogen (secondary N) is 1. The molecular weight excluding hydrogens is 297 g/mol. The number of aromatic nitrogens is 1. The van der Waals surface area contributed by atoms with E-state index in [1.54, 1.807) is 19.2 Å². The Bertz CT molecular complexity index is 646. The Hall–Kier alpha value is -1.41. The lowest BCUT2D eigenvalue weighted by Gasteiger charge is -2.04. The number of anilines is 1. The van der Waals surface area contributed by atoms with Crippen molar-refractivity contribution in [3.05, 3.63) is 32.9 Å². The van der Waals surface area contributed by atoms with Crippen LogP contribution < -0.4 is 5.32 Å². The standard InChI is InChI=1S/C11H6Cl3N3O/c1-16-10-7(4-15)17-11(18-10)8-5(12)2-3-6(13)9(8)14/h2-3,16H,1H3. The minimum absolute atomic E-state index is 0.125. The van der Waals surface area contributed by atoms with Crippen molar-refractivity contribution in [2.45, 2.75) is 0 Å². The van der Waals surface area contributed by atoms with Gasteiger partial charge in [-0.05, 0) is 12.1 Å². The van der Waals surface area contributed by atoms with Gasteiger partial charge in [-0.1, -0.05) is 34.8 Å². The Morgan fingerprint density at radius 1 is 1.28 bits per heavy atom. The summed E-state index contributed by atoms with van der Waals surface area (Å²) >= 11 is 18.0. The predicted octanol–water partition coefficient (Wildman–Crippen LogP) is 4.22. The van der Waals surface area contributed by atoms with E-state index in [0.29, 0.717) is 15.6 Å². The first kappa shape index (κ1) is 13.0. The third-order valence-corrected chi connectivity index (χ3v) is 3.34. The maximum absolute atomic E-state index is 8.90. The maximum Gasteiger partial charge on any atom is 0.233 e. The molecule has 0 fully saturated rings. The Morgan fingerprint density at radius 3 is 2.50 bits per heavy atom. The van der Waals surface area contributed by atoms with Crippen LogP contribution in [0.1, 0.15) is 5.69 Å². The average molecular weight is 303 g/mol. The largest absolute Gasteiger partial charge is 0.419 e. The molecule has 0 saturated carbocycles. The molecule has 1 heterocycles. The van der Waals surface area contributed by atoms with Gasteiger partial charge in [-0.25, -0.2) is 0 Å². The molecule has 0 bridgehead atoms. The predicted molar refractivity (Wildman–Crippen MR) is 71.2 cm³/mol. The second kappa shape index (κ2) is 5.07. The molecule has 7 heteroatoms. The van der Waals surface area contributed by atoms with Gasteiger partial charge in [0.15, 0.2) is 0 Å². The number of nitrogens with zero attached hydrogens (tertiary/aromatic N) is 2. The average Bonchev–Trinajstić information content (AvgIpc) is 2.77. The first-order valence-corrected chi connectivity index (χ1v) is 5.94. The van der Waals surface area contributed by atoms with E-state index in [4.69, 9.17) is 44.5 Å². The maximum atomic E-state index is 8.90. The van der Waals surface area contributed by atoms with Crippen molar-refractivity contribution in [2.24, 2.45) is 0 Å². The number of oxazole rings is 1. The molecule has 0 aliphatic heterocycles. The van der Waals surface area contributed by atoms with Crippen LogP contribution in [0.4, 0.5) is 5.88 Å². The molecule has 1 N–H and O–H groups in total. The number of benzene rings is 1. The van der Waals surface area contributed by atoms with Gasteiger partial charge in [0.2, 0.25) is 17.5 Å². The number of hydrogen-bond donors (Lipinski definition) is 1. The van der Waals surface area contributed by atoms with E-state index in [2.05, 4.69) is 10.3 Å². The molecule has 0 aliphatic carbocycles. The lowest BCUT2D eigenvalue weighted by molar-refractivity contribution is 0.589. The van der Waals surface area contributed by atoms with E-state index in [-0.39, 0.29) is 22.5 Å². The summed E-state index contributed by atoms with van der Waals surface area (Å²) in [5.74, 6) is 0.396. The molecule has 2 aromatic rings. The van der Waals surface area contributed by atoms with Crippen molar-refractivity contribution >= 4 is 40.7 Å². The van der Waals surface area contributed by atoms with E-state index in [1.807, 2.05) is 6.07 Å². The first-order chi connectivity index (χ1) is 8.58. The van der Waals surface area contributed by atoms with Gasteiger partial charge in [-0.15, -0.1) is 0 Å². The number of hydrogen-bond acceptors (Lipinski definition) is 4. The van der Waals surface area contributed by atoms with E-state index >= 15 is 0 Å². The Kier molecular flexibility index (Phi) is 3.67. The Morgan fingerprint density at radius 2 is 1.94 bits per heavy atom. The highest BCUT2D eigenvalue weighted by atomic mass is 35.5. The molecule has 4 nitrogen and oxygen atoms in total. The van der Waals surface area contributed by atoms with E-state index in [1.165, 1.54) is 0 Å². The van der Waals surface area contributed by atoms with Gasteiger partial charge in [0.1, 0.15) is 6.07 Å². The summed E-state index contributed by atoms with van der Waals surface area (Å²) in [6.07, 6.45) is 0. The van der Waals surface area contributed by atoms with Crippen molar-refractivity contribution < 1.29 is 4.42 Å². The number of halogens is 3. The SMILES string of the molecule is CNc1oc(-c2c(Cl)ccc(Cl)c2Cl)nc1C#N. The van der Waals surface area contributed by atoms with Crippen LogP contribution in [0.5, 0.6) is 0 Å². The van der Waals surface area contributed by atoms with Crippen LogP contribution in [0.2, 0.25) is 15.1 Å². The topological polar surface area (TPSA) is 61.9 Å². The summed E-state index contributed by atoms with van der Waals surface area (Å²) in [4.78, 5) is 4.01. The van der Waals surface area contributed by atoms with Crippen LogP contribution in [0, 0.1) is 11.3 Å². The van der Waals surface area contributed by atoms with Gasteiger partial charge in [0.25, 0.3) is 0 Å². The van der Waals surface area contributed by atoms with Crippen LogP contribution in [-0.4, -0.2) is 12.0 Å². The summed E-state index contributed by atoms with van der Waals surface area (Å²) in [7, 11) is 1.62. The fourth-order valence-electron chi connectivity index (χ4n) is 1.40. The summed E-state index contributed by atoms with van der Waals surface area (Å²) in [5.41, 5.74) is 0.489. The van der Waals surface area contributed by atoms with Crippen molar-refractivity contribution in [1.29, 1.82) is 5.26 Å². The summed E-state index contributed by atoms with van der Waals surface area (Å²) in [6.45, 7) is 0. The smallest absolute Gasteiger partial charge is 0.233 e. The molecule has 0 atom stereocenters. The van der Waals surface area contributed by atoms with Crippen molar-refractivity contribution in [2.75, 3.05) is 12.4 Å². The lowest BCUT2D eigenvalue weighted by atomic mass is 10.2. The molecule has 1 aromatic carbocycles.